The number of unbranched alkanes of at least 4 members (excludes halogenated alkanes) is 10. The highest BCUT2D eigenvalue weighted by atomic mass is 16.4. The third kappa shape index (κ3) is 11.4. The van der Waals surface area contributed by atoms with Gasteiger partial charge in [0.1, 0.15) is 0 Å². The van der Waals surface area contributed by atoms with Gasteiger partial charge in [-0.15, -0.1) is 0 Å². The van der Waals surface area contributed by atoms with Gasteiger partial charge in [-0.3, -0.25) is 9.59 Å². The summed E-state index contributed by atoms with van der Waals surface area (Å²) in [6.45, 7) is 4.52. The molecular weight excluding hydrogens is 496 g/mol. The van der Waals surface area contributed by atoms with E-state index in [1.165, 1.54) is 64.2 Å². The van der Waals surface area contributed by atoms with Crippen LogP contribution >= 0.6 is 0 Å². The molecule has 2 rings (SSSR count). The van der Waals surface area contributed by atoms with E-state index in [0.717, 1.165) is 77.0 Å². The maximum atomic E-state index is 13.1. The summed E-state index contributed by atoms with van der Waals surface area (Å²) in [7, 11) is 0. The number of hydrogen-bond donors (Lipinski definition) is 2. The number of carboxylic acid groups (broad SMARTS) is 2. The van der Waals surface area contributed by atoms with Gasteiger partial charge < -0.3 is 10.2 Å². The molecule has 230 valence electrons. The van der Waals surface area contributed by atoms with Gasteiger partial charge in [-0.1, -0.05) is 128 Å². The molecule has 4 heteroatoms. The highest BCUT2D eigenvalue weighted by Gasteiger charge is 2.54. The van der Waals surface area contributed by atoms with E-state index < -0.39 is 11.9 Å². The normalized spacial score (nSPS) is 27.1. The van der Waals surface area contributed by atoms with Gasteiger partial charge in [0.15, 0.2) is 0 Å². The fourth-order valence-corrected chi connectivity index (χ4v) is 7.99. The molecule has 0 aromatic rings. The molecule has 0 heterocycles. The quantitative estimate of drug-likeness (QED) is 0.115. The molecule has 0 aromatic heterocycles. The van der Waals surface area contributed by atoms with Crippen molar-refractivity contribution in [1.29, 1.82) is 0 Å². The summed E-state index contributed by atoms with van der Waals surface area (Å²) in [6.07, 6.45) is 34.8. The third-order valence-corrected chi connectivity index (χ3v) is 10.1. The Morgan fingerprint density at radius 1 is 0.775 bits per heavy atom. The second-order valence-corrected chi connectivity index (χ2v) is 13.0. The van der Waals surface area contributed by atoms with Crippen molar-refractivity contribution >= 4 is 11.9 Å². The average molecular weight is 559 g/mol. The van der Waals surface area contributed by atoms with Crippen molar-refractivity contribution in [2.24, 2.45) is 29.1 Å². The van der Waals surface area contributed by atoms with Crippen LogP contribution in [-0.2, 0) is 9.59 Å². The van der Waals surface area contributed by atoms with Gasteiger partial charge in [0, 0.05) is 6.42 Å². The summed E-state index contributed by atoms with van der Waals surface area (Å²) in [6, 6.07) is 0. The summed E-state index contributed by atoms with van der Waals surface area (Å²) in [4.78, 5) is 23.9. The van der Waals surface area contributed by atoms with Gasteiger partial charge in [0.05, 0.1) is 5.92 Å². The number of aliphatic carboxylic acids is 2. The Bertz CT molecular complexity index is 756. The lowest BCUT2D eigenvalue weighted by molar-refractivity contribution is -0.155. The van der Waals surface area contributed by atoms with Crippen molar-refractivity contribution in [3.05, 3.63) is 24.3 Å². The Hall–Kier alpha value is -1.58. The van der Waals surface area contributed by atoms with Gasteiger partial charge in [0.25, 0.3) is 0 Å². The zero-order valence-electron chi connectivity index (χ0n) is 26.1. The molecular formula is C36H62O4. The van der Waals surface area contributed by atoms with Crippen LogP contribution in [0.5, 0.6) is 0 Å². The first-order valence-electron chi connectivity index (χ1n) is 17.2. The van der Waals surface area contributed by atoms with Crippen LogP contribution in [0, 0.1) is 29.1 Å². The summed E-state index contributed by atoms with van der Waals surface area (Å²) < 4.78 is 0. The summed E-state index contributed by atoms with van der Waals surface area (Å²) in [5, 5.41) is 19.7. The van der Waals surface area contributed by atoms with Gasteiger partial charge in [-0.05, 0) is 74.5 Å². The highest BCUT2D eigenvalue weighted by molar-refractivity contribution is 5.71. The second-order valence-electron chi connectivity index (χ2n) is 13.0. The number of rotatable bonds is 20. The van der Waals surface area contributed by atoms with Crippen molar-refractivity contribution < 1.29 is 19.8 Å². The van der Waals surface area contributed by atoms with Gasteiger partial charge in [-0.2, -0.15) is 0 Å². The standard InChI is InChI=1S/C36H62O4/c1-3-5-7-9-12-18-24-32-30(22-16-8-6-4-2)27-28-31(23-17-11-10-13-20-26-34(37)38)36(32)29-21-15-14-19-25-33(36)35(39)40/h12,18,27-28,30-33H,3-11,13-17,19-26,29H2,1-2H3,(H,37,38)(H,39,40). The SMILES string of the molecule is CCCCCC=CCC1C(CCCCCC)C=CC(CCCCCCCC(=O)O)C12CCCCCCC2C(=O)O. The van der Waals surface area contributed by atoms with Crippen LogP contribution < -0.4 is 0 Å². The van der Waals surface area contributed by atoms with Crippen LogP contribution in [-0.4, -0.2) is 22.2 Å². The van der Waals surface area contributed by atoms with E-state index in [1.54, 1.807) is 0 Å². The first-order chi connectivity index (χ1) is 19.5. The Morgan fingerprint density at radius 2 is 1.45 bits per heavy atom. The molecule has 1 spiro atoms. The van der Waals surface area contributed by atoms with Crippen molar-refractivity contribution in [2.45, 2.75) is 162 Å². The molecule has 2 aliphatic carbocycles. The van der Waals surface area contributed by atoms with E-state index in [0.29, 0.717) is 17.8 Å². The topological polar surface area (TPSA) is 74.6 Å². The maximum Gasteiger partial charge on any atom is 0.307 e. The fourth-order valence-electron chi connectivity index (χ4n) is 7.99. The van der Waals surface area contributed by atoms with Crippen molar-refractivity contribution in [1.82, 2.24) is 0 Å². The number of carboxylic acids is 2. The smallest absolute Gasteiger partial charge is 0.307 e. The third-order valence-electron chi connectivity index (χ3n) is 10.1. The maximum absolute atomic E-state index is 13.1. The lowest BCUT2D eigenvalue weighted by Crippen LogP contribution is -2.51. The van der Waals surface area contributed by atoms with Gasteiger partial charge >= 0.3 is 11.9 Å². The van der Waals surface area contributed by atoms with E-state index in [1.807, 2.05) is 0 Å². The first-order valence-corrected chi connectivity index (χ1v) is 17.2. The lowest BCUT2D eigenvalue weighted by atomic mass is 9.49. The Kier molecular flexibility index (Phi) is 17.6. The highest BCUT2D eigenvalue weighted by Crippen LogP contribution is 2.59. The number of carbonyl (C=O) groups is 2. The number of allylic oxidation sites excluding steroid dienone is 4. The Labute approximate surface area is 246 Å². The summed E-state index contributed by atoms with van der Waals surface area (Å²) in [5.74, 6) is -0.302. The minimum Gasteiger partial charge on any atom is -0.481 e. The van der Waals surface area contributed by atoms with Crippen LogP contribution in [0.2, 0.25) is 0 Å². The zero-order chi connectivity index (χ0) is 29.1. The minimum absolute atomic E-state index is 0.159. The zero-order valence-corrected chi connectivity index (χ0v) is 26.1. The van der Waals surface area contributed by atoms with Crippen molar-refractivity contribution in [3.63, 3.8) is 0 Å². The van der Waals surface area contributed by atoms with Crippen molar-refractivity contribution in [3.8, 4) is 0 Å². The monoisotopic (exact) mass is 558 g/mol. The minimum atomic E-state index is -0.701. The molecule has 0 radical (unpaired) electrons. The van der Waals surface area contributed by atoms with Gasteiger partial charge in [0.2, 0.25) is 0 Å². The molecule has 4 nitrogen and oxygen atoms in total. The van der Waals surface area contributed by atoms with E-state index in [9.17, 15) is 14.7 Å². The first kappa shape index (κ1) is 34.6. The van der Waals surface area contributed by atoms with Crippen LogP contribution in [0.25, 0.3) is 0 Å². The van der Waals surface area contributed by atoms with E-state index in [4.69, 9.17) is 5.11 Å². The number of hydrogen-bond acceptors (Lipinski definition) is 2. The molecule has 2 aliphatic rings. The predicted octanol–water partition coefficient (Wildman–Crippen LogP) is 10.8. The molecule has 5 unspecified atom stereocenters. The van der Waals surface area contributed by atoms with E-state index in [-0.39, 0.29) is 17.8 Å². The molecule has 0 saturated heterocycles. The Morgan fingerprint density at radius 3 is 2.20 bits per heavy atom. The molecule has 1 fully saturated rings. The lowest BCUT2D eigenvalue weighted by Gasteiger charge is -2.55. The summed E-state index contributed by atoms with van der Waals surface area (Å²) >= 11 is 0. The molecule has 0 aromatic carbocycles. The molecule has 0 amide bonds. The van der Waals surface area contributed by atoms with Crippen LogP contribution in [0.4, 0.5) is 0 Å². The van der Waals surface area contributed by atoms with Crippen molar-refractivity contribution in [2.75, 3.05) is 0 Å². The summed E-state index contributed by atoms with van der Waals surface area (Å²) in [5.41, 5.74) is -0.159. The molecule has 0 bridgehead atoms. The van der Waals surface area contributed by atoms with E-state index in [2.05, 4.69) is 38.2 Å². The van der Waals surface area contributed by atoms with Gasteiger partial charge in [-0.25, -0.2) is 0 Å². The average Bonchev–Trinajstić information content (AvgIpc) is 2.91. The molecule has 1 saturated carbocycles. The van der Waals surface area contributed by atoms with Crippen LogP contribution in [0.15, 0.2) is 24.3 Å². The molecule has 0 aliphatic heterocycles. The largest absolute Gasteiger partial charge is 0.481 e. The molecule has 2 N–H and O–H groups in total. The van der Waals surface area contributed by atoms with Crippen LogP contribution in [0.3, 0.4) is 0 Å². The Balaban J connectivity index is 2.30. The fraction of sp³-hybridized carbons (Fsp3) is 0.833. The molecule has 40 heavy (non-hydrogen) atoms. The van der Waals surface area contributed by atoms with Crippen LogP contribution in [0.1, 0.15) is 162 Å². The second kappa shape index (κ2) is 20.3. The van der Waals surface area contributed by atoms with E-state index >= 15 is 0 Å². The molecule has 5 atom stereocenters. The predicted molar refractivity (Wildman–Crippen MR) is 167 cm³/mol.